The van der Waals surface area contributed by atoms with E-state index < -0.39 is 0 Å². The molecule has 0 radical (unpaired) electrons. The highest BCUT2D eigenvalue weighted by atomic mass is 16.5. The lowest BCUT2D eigenvalue weighted by atomic mass is 10.2. The quantitative estimate of drug-likeness (QED) is 0.752. The number of ether oxygens (including phenoxy) is 1. The molecule has 1 unspecified atom stereocenters. The molecule has 0 spiro atoms. The number of hydrogen-bond acceptors (Lipinski definition) is 3. The lowest BCUT2D eigenvalue weighted by molar-refractivity contribution is 0.119. The SMILES string of the molecule is c1ncn(CCCOCC2CC2)c1C1CCCN1. The second-order valence-electron chi connectivity index (χ2n) is 5.53. The van der Waals surface area contributed by atoms with Gasteiger partial charge in [0.1, 0.15) is 0 Å². The fraction of sp³-hybridized carbons (Fsp3) is 0.786. The minimum Gasteiger partial charge on any atom is -0.381 e. The van der Waals surface area contributed by atoms with Gasteiger partial charge in [0.15, 0.2) is 0 Å². The topological polar surface area (TPSA) is 39.1 Å². The molecule has 0 bridgehead atoms. The summed E-state index contributed by atoms with van der Waals surface area (Å²) in [5.41, 5.74) is 1.34. The summed E-state index contributed by atoms with van der Waals surface area (Å²) in [6, 6.07) is 0.514. The molecule has 4 heteroatoms. The average Bonchev–Trinajstić information content (AvgIpc) is 2.89. The van der Waals surface area contributed by atoms with Crippen molar-refractivity contribution in [3.63, 3.8) is 0 Å². The van der Waals surface area contributed by atoms with E-state index >= 15 is 0 Å². The van der Waals surface area contributed by atoms with E-state index in [0.717, 1.165) is 38.6 Å². The zero-order chi connectivity index (χ0) is 12.2. The Morgan fingerprint density at radius 1 is 1.39 bits per heavy atom. The number of rotatable bonds is 7. The standard InChI is InChI=1S/C14H23N3O/c1-3-13(16-6-1)14-9-15-11-17(14)7-2-8-18-10-12-4-5-12/h9,11-13,16H,1-8,10H2. The van der Waals surface area contributed by atoms with Gasteiger partial charge in [-0.3, -0.25) is 0 Å². The molecule has 0 amide bonds. The first-order valence-corrected chi connectivity index (χ1v) is 7.24. The summed E-state index contributed by atoms with van der Waals surface area (Å²) in [7, 11) is 0. The Balaban J connectivity index is 1.42. The van der Waals surface area contributed by atoms with Crippen LogP contribution in [0.1, 0.15) is 43.8 Å². The Morgan fingerprint density at radius 2 is 2.33 bits per heavy atom. The van der Waals surface area contributed by atoms with Crippen molar-refractivity contribution in [1.82, 2.24) is 14.9 Å². The molecule has 1 aliphatic carbocycles. The third kappa shape index (κ3) is 3.12. The van der Waals surface area contributed by atoms with Crippen LogP contribution in [0.2, 0.25) is 0 Å². The summed E-state index contributed by atoms with van der Waals surface area (Å²) in [6.07, 6.45) is 10.3. The van der Waals surface area contributed by atoms with Crippen LogP contribution in [0.3, 0.4) is 0 Å². The lowest BCUT2D eigenvalue weighted by Gasteiger charge is -2.13. The zero-order valence-electron chi connectivity index (χ0n) is 11.0. The van der Waals surface area contributed by atoms with Crippen molar-refractivity contribution < 1.29 is 4.74 Å². The molecule has 2 aliphatic rings. The van der Waals surface area contributed by atoms with Crippen molar-refractivity contribution in [2.24, 2.45) is 5.92 Å². The van der Waals surface area contributed by atoms with Crippen LogP contribution in [0.5, 0.6) is 0 Å². The molecule has 1 aliphatic heterocycles. The van der Waals surface area contributed by atoms with Gasteiger partial charge in [0, 0.05) is 32.0 Å². The first kappa shape index (κ1) is 12.2. The van der Waals surface area contributed by atoms with Crippen LogP contribution in [0.15, 0.2) is 12.5 Å². The van der Waals surface area contributed by atoms with Crippen molar-refractivity contribution in [2.45, 2.75) is 44.7 Å². The van der Waals surface area contributed by atoms with Crippen LogP contribution >= 0.6 is 0 Å². The Kier molecular flexibility index (Phi) is 3.96. The highest BCUT2D eigenvalue weighted by Gasteiger charge is 2.21. The lowest BCUT2D eigenvalue weighted by Crippen LogP contribution is -2.17. The van der Waals surface area contributed by atoms with Crippen LogP contribution in [0, 0.1) is 5.92 Å². The first-order chi connectivity index (χ1) is 8.93. The second-order valence-corrected chi connectivity index (χ2v) is 5.53. The number of aryl methyl sites for hydroxylation is 1. The van der Waals surface area contributed by atoms with Gasteiger partial charge >= 0.3 is 0 Å². The molecule has 4 nitrogen and oxygen atoms in total. The van der Waals surface area contributed by atoms with Crippen molar-refractivity contribution in [1.29, 1.82) is 0 Å². The van der Waals surface area contributed by atoms with Gasteiger partial charge in [0.05, 0.1) is 12.0 Å². The molecule has 1 atom stereocenters. The normalized spacial score (nSPS) is 23.7. The number of imidazole rings is 1. The van der Waals surface area contributed by atoms with E-state index in [1.54, 1.807) is 0 Å². The number of aromatic nitrogens is 2. The Labute approximate surface area is 109 Å². The number of nitrogens with one attached hydrogen (secondary N) is 1. The van der Waals surface area contributed by atoms with E-state index in [9.17, 15) is 0 Å². The fourth-order valence-corrected chi connectivity index (χ4v) is 2.62. The van der Waals surface area contributed by atoms with Crippen molar-refractivity contribution in [2.75, 3.05) is 19.8 Å². The zero-order valence-corrected chi connectivity index (χ0v) is 11.0. The summed E-state index contributed by atoms with van der Waals surface area (Å²) >= 11 is 0. The molecule has 1 aromatic rings. The maximum absolute atomic E-state index is 5.67. The summed E-state index contributed by atoms with van der Waals surface area (Å²) in [5, 5.41) is 3.53. The van der Waals surface area contributed by atoms with Crippen LogP contribution in [-0.2, 0) is 11.3 Å². The third-order valence-corrected chi connectivity index (χ3v) is 3.90. The number of nitrogens with zero attached hydrogens (tertiary/aromatic N) is 2. The first-order valence-electron chi connectivity index (χ1n) is 7.24. The largest absolute Gasteiger partial charge is 0.381 e. The van der Waals surface area contributed by atoms with E-state index in [-0.39, 0.29) is 0 Å². The highest BCUT2D eigenvalue weighted by Crippen LogP contribution is 2.28. The smallest absolute Gasteiger partial charge is 0.0948 e. The molecule has 2 heterocycles. The van der Waals surface area contributed by atoms with E-state index in [0.29, 0.717) is 6.04 Å². The minimum absolute atomic E-state index is 0.514. The van der Waals surface area contributed by atoms with Crippen LogP contribution in [-0.4, -0.2) is 29.3 Å². The Bertz CT molecular complexity index is 367. The van der Waals surface area contributed by atoms with Gasteiger partial charge in [0.25, 0.3) is 0 Å². The van der Waals surface area contributed by atoms with Crippen LogP contribution in [0.25, 0.3) is 0 Å². The van der Waals surface area contributed by atoms with Gasteiger partial charge in [-0.05, 0) is 44.6 Å². The van der Waals surface area contributed by atoms with Gasteiger partial charge in [-0.15, -0.1) is 0 Å². The molecule has 0 aromatic carbocycles. The highest BCUT2D eigenvalue weighted by molar-refractivity contribution is 5.07. The second kappa shape index (κ2) is 5.85. The summed E-state index contributed by atoms with van der Waals surface area (Å²) in [4.78, 5) is 4.29. The molecule has 1 saturated heterocycles. The van der Waals surface area contributed by atoms with Crippen LogP contribution < -0.4 is 5.32 Å². The molecule has 1 aromatic heterocycles. The van der Waals surface area contributed by atoms with E-state index in [4.69, 9.17) is 4.74 Å². The predicted octanol–water partition coefficient (Wildman–Crippen LogP) is 2.12. The molecule has 1 N–H and O–H groups in total. The predicted molar refractivity (Wildman–Crippen MR) is 70.4 cm³/mol. The van der Waals surface area contributed by atoms with Gasteiger partial charge in [-0.2, -0.15) is 0 Å². The molecule has 100 valence electrons. The molecule has 3 rings (SSSR count). The van der Waals surface area contributed by atoms with Crippen molar-refractivity contribution in [3.8, 4) is 0 Å². The molecule has 18 heavy (non-hydrogen) atoms. The van der Waals surface area contributed by atoms with Gasteiger partial charge in [-0.1, -0.05) is 0 Å². The Morgan fingerprint density at radius 3 is 3.11 bits per heavy atom. The average molecular weight is 249 g/mol. The van der Waals surface area contributed by atoms with Gasteiger partial charge in [-0.25, -0.2) is 4.98 Å². The summed E-state index contributed by atoms with van der Waals surface area (Å²) < 4.78 is 7.95. The number of hydrogen-bond donors (Lipinski definition) is 1. The van der Waals surface area contributed by atoms with E-state index in [1.807, 2.05) is 12.5 Å². The third-order valence-electron chi connectivity index (χ3n) is 3.90. The van der Waals surface area contributed by atoms with Gasteiger partial charge < -0.3 is 14.6 Å². The van der Waals surface area contributed by atoms with E-state index in [1.165, 1.54) is 31.4 Å². The summed E-state index contributed by atoms with van der Waals surface area (Å²) in [5.74, 6) is 0.872. The molecular formula is C14H23N3O. The molecule has 1 saturated carbocycles. The minimum atomic E-state index is 0.514. The van der Waals surface area contributed by atoms with Gasteiger partial charge in [0.2, 0.25) is 0 Å². The van der Waals surface area contributed by atoms with Crippen molar-refractivity contribution >= 4 is 0 Å². The molecular weight excluding hydrogens is 226 g/mol. The fourth-order valence-electron chi connectivity index (χ4n) is 2.62. The monoisotopic (exact) mass is 249 g/mol. The maximum Gasteiger partial charge on any atom is 0.0948 e. The molecule has 2 fully saturated rings. The maximum atomic E-state index is 5.67. The van der Waals surface area contributed by atoms with E-state index in [2.05, 4.69) is 14.9 Å². The summed E-state index contributed by atoms with van der Waals surface area (Å²) in [6.45, 7) is 4.02. The van der Waals surface area contributed by atoms with Crippen LogP contribution in [0.4, 0.5) is 0 Å². The Hall–Kier alpha value is -0.870. The van der Waals surface area contributed by atoms with Crippen molar-refractivity contribution in [3.05, 3.63) is 18.2 Å².